The fraction of sp³-hybridized carbons (Fsp3) is 0.0800. The molecule has 0 saturated heterocycles. The van der Waals surface area contributed by atoms with E-state index in [-0.39, 0.29) is 0 Å². The topological polar surface area (TPSA) is 77.0 Å². The molecule has 158 valence electrons. The third-order valence-electron chi connectivity index (χ3n) is 5.83. The highest BCUT2D eigenvalue weighted by Gasteiger charge is 2.46. The lowest BCUT2D eigenvalue weighted by molar-refractivity contribution is -0.725. The Morgan fingerprint density at radius 3 is 2.09 bits per heavy atom. The molecular weight excluding hydrogens is 407 g/mol. The lowest BCUT2D eigenvalue weighted by atomic mass is 9.71. The summed E-state index contributed by atoms with van der Waals surface area (Å²) in [5.74, 6) is -1.39. The largest absolute Gasteiger partial charge is 0.417 e. The van der Waals surface area contributed by atoms with Gasteiger partial charge in [0.15, 0.2) is 5.83 Å². The standard InChI is InChI=1S/C25H19FN4O2/c26-21-17-20(15-16-23(21)30(31)32)25(18-9-3-1-4-10-18,19-11-5-2-6-12-19)29-24-14-8-7-13-22(24)27-28-29/h1-17,20H,(H,31,32). The van der Waals surface area contributed by atoms with E-state index in [4.69, 9.17) is 0 Å². The summed E-state index contributed by atoms with van der Waals surface area (Å²) in [6.07, 6.45) is 4.34. The Morgan fingerprint density at radius 1 is 0.906 bits per heavy atom. The third kappa shape index (κ3) is 2.98. The molecule has 0 spiro atoms. The van der Waals surface area contributed by atoms with Crippen LogP contribution in [0, 0.1) is 11.1 Å². The second-order valence-corrected chi connectivity index (χ2v) is 7.55. The van der Waals surface area contributed by atoms with Gasteiger partial charge in [0.1, 0.15) is 11.1 Å². The Morgan fingerprint density at radius 2 is 1.50 bits per heavy atom. The molecule has 32 heavy (non-hydrogen) atoms. The van der Waals surface area contributed by atoms with Crippen molar-refractivity contribution in [3.63, 3.8) is 0 Å². The van der Waals surface area contributed by atoms with Crippen LogP contribution in [0.2, 0.25) is 0 Å². The van der Waals surface area contributed by atoms with Crippen LogP contribution in [0.25, 0.3) is 11.0 Å². The summed E-state index contributed by atoms with van der Waals surface area (Å²) in [7, 11) is 0. The van der Waals surface area contributed by atoms with Crippen molar-refractivity contribution in [2.45, 2.75) is 5.54 Å². The number of benzene rings is 3. The molecule has 3 aromatic carbocycles. The zero-order valence-electron chi connectivity index (χ0n) is 16.9. The molecule has 7 heteroatoms. The second-order valence-electron chi connectivity index (χ2n) is 7.55. The van der Waals surface area contributed by atoms with Crippen LogP contribution in [-0.4, -0.2) is 30.8 Å². The number of rotatable bonds is 4. The molecular formula is C25H19FN4O2. The molecule has 5 rings (SSSR count). The molecule has 0 fully saturated rings. The number of hydrogen-bond acceptors (Lipinski definition) is 4. The molecule has 1 aliphatic carbocycles. The molecule has 0 amide bonds. The van der Waals surface area contributed by atoms with Gasteiger partial charge in [0, 0.05) is 16.9 Å². The van der Waals surface area contributed by atoms with Gasteiger partial charge in [0.2, 0.25) is 0 Å². The Kier molecular flexibility index (Phi) is 4.78. The van der Waals surface area contributed by atoms with E-state index in [2.05, 4.69) is 10.3 Å². The van der Waals surface area contributed by atoms with E-state index in [0.29, 0.717) is 5.52 Å². The minimum atomic E-state index is -1.01. The van der Waals surface area contributed by atoms with Crippen LogP contribution < -0.4 is 0 Å². The van der Waals surface area contributed by atoms with Gasteiger partial charge in [-0.15, -0.1) is 5.10 Å². The summed E-state index contributed by atoms with van der Waals surface area (Å²) in [4.78, 5) is -0.462. The number of nitrogens with zero attached hydrogens (tertiary/aromatic N) is 4. The molecule has 1 N–H and O–H groups in total. The molecule has 1 unspecified atom stereocenters. The molecule has 1 heterocycles. The van der Waals surface area contributed by atoms with Gasteiger partial charge in [-0.25, -0.2) is 4.68 Å². The molecule has 1 aromatic heterocycles. The number of para-hydroxylation sites is 1. The first-order valence-electron chi connectivity index (χ1n) is 10.1. The van der Waals surface area contributed by atoms with E-state index in [9.17, 15) is 14.8 Å². The molecule has 0 saturated carbocycles. The van der Waals surface area contributed by atoms with Crippen molar-refractivity contribution in [1.29, 1.82) is 0 Å². The fourth-order valence-corrected chi connectivity index (χ4v) is 4.44. The van der Waals surface area contributed by atoms with Crippen LogP contribution in [0.3, 0.4) is 0 Å². The average Bonchev–Trinajstić information content (AvgIpc) is 3.25. The van der Waals surface area contributed by atoms with Crippen molar-refractivity contribution >= 4 is 16.7 Å². The van der Waals surface area contributed by atoms with Crippen molar-refractivity contribution in [1.82, 2.24) is 15.0 Å². The predicted octanol–water partition coefficient (Wildman–Crippen LogP) is 4.60. The Labute approximate surface area is 183 Å². The van der Waals surface area contributed by atoms with Crippen LogP contribution in [0.5, 0.6) is 0 Å². The van der Waals surface area contributed by atoms with E-state index >= 15 is 0 Å². The number of hydrogen-bond donors (Lipinski definition) is 1. The summed E-state index contributed by atoms with van der Waals surface area (Å²) in [5.41, 5.74) is 1.77. The fourth-order valence-electron chi connectivity index (χ4n) is 4.44. The first kappa shape index (κ1) is 19.7. The quantitative estimate of drug-likeness (QED) is 0.294. The van der Waals surface area contributed by atoms with Crippen LogP contribution in [0.1, 0.15) is 11.1 Å². The summed E-state index contributed by atoms with van der Waals surface area (Å²) in [5, 5.41) is 29.6. The van der Waals surface area contributed by atoms with Crippen LogP contribution in [0.4, 0.5) is 4.39 Å². The van der Waals surface area contributed by atoms with Crippen molar-refractivity contribution in [2.24, 2.45) is 5.92 Å². The van der Waals surface area contributed by atoms with Crippen molar-refractivity contribution in [3.05, 3.63) is 125 Å². The smallest absolute Gasteiger partial charge is 0.302 e. The van der Waals surface area contributed by atoms with E-state index in [1.165, 1.54) is 12.2 Å². The van der Waals surface area contributed by atoms with Gasteiger partial charge in [-0.05, 0) is 29.3 Å². The van der Waals surface area contributed by atoms with Crippen LogP contribution in [0.15, 0.2) is 109 Å². The number of aromatic nitrogens is 3. The van der Waals surface area contributed by atoms with E-state index in [1.807, 2.05) is 89.6 Å². The normalized spacial score (nSPS) is 17.9. The lowest BCUT2D eigenvalue weighted by Gasteiger charge is -2.40. The molecule has 6 nitrogen and oxygen atoms in total. The van der Waals surface area contributed by atoms with E-state index in [1.54, 1.807) is 6.08 Å². The molecule has 0 aliphatic heterocycles. The van der Waals surface area contributed by atoms with Gasteiger partial charge in [0.05, 0.1) is 5.52 Å². The monoisotopic (exact) mass is 426 g/mol. The predicted molar refractivity (Wildman–Crippen MR) is 119 cm³/mol. The molecule has 1 atom stereocenters. The first-order chi connectivity index (χ1) is 15.6. The van der Waals surface area contributed by atoms with E-state index in [0.717, 1.165) is 16.6 Å². The van der Waals surface area contributed by atoms with Crippen molar-refractivity contribution in [3.8, 4) is 0 Å². The molecule has 1 aliphatic rings. The maximum Gasteiger partial charge on any atom is 0.302 e. The molecule has 4 aromatic rings. The molecule has 0 bridgehead atoms. The highest BCUT2D eigenvalue weighted by molar-refractivity contribution is 6.04. The van der Waals surface area contributed by atoms with Crippen molar-refractivity contribution in [2.75, 3.05) is 0 Å². The summed E-state index contributed by atoms with van der Waals surface area (Å²) >= 11 is 0. The summed E-state index contributed by atoms with van der Waals surface area (Å²) in [6, 6.07) is 27.0. The highest BCUT2D eigenvalue weighted by Crippen LogP contribution is 2.44. The number of halogens is 1. The third-order valence-corrected chi connectivity index (χ3v) is 5.83. The highest BCUT2D eigenvalue weighted by atomic mass is 19.1. The summed E-state index contributed by atoms with van der Waals surface area (Å²) in [6.45, 7) is 0. The minimum Gasteiger partial charge on any atom is -0.417 e. The van der Waals surface area contributed by atoms with Gasteiger partial charge in [0.25, 0.3) is 0 Å². The summed E-state index contributed by atoms with van der Waals surface area (Å²) < 4.78 is 16.8. The lowest BCUT2D eigenvalue weighted by Crippen LogP contribution is -2.44. The molecule has 0 radical (unpaired) electrons. The maximum absolute atomic E-state index is 15.0. The Hall–Kier alpha value is -4.26. The van der Waals surface area contributed by atoms with Gasteiger partial charge in [-0.3, -0.25) is 5.21 Å². The van der Waals surface area contributed by atoms with Crippen LogP contribution in [-0.2, 0) is 5.54 Å². The second kappa shape index (κ2) is 7.77. The van der Waals surface area contributed by atoms with Crippen molar-refractivity contribution < 1.29 is 14.5 Å². The van der Waals surface area contributed by atoms with E-state index < -0.39 is 27.9 Å². The zero-order valence-corrected chi connectivity index (χ0v) is 16.9. The average molecular weight is 426 g/mol. The Balaban J connectivity index is 1.89. The van der Waals surface area contributed by atoms with Crippen LogP contribution >= 0.6 is 0 Å². The van der Waals surface area contributed by atoms with Gasteiger partial charge in [-0.1, -0.05) is 84.1 Å². The van der Waals surface area contributed by atoms with Gasteiger partial charge < -0.3 is 5.21 Å². The van der Waals surface area contributed by atoms with Gasteiger partial charge >= 0.3 is 5.71 Å². The zero-order chi connectivity index (χ0) is 22.1. The Bertz CT molecular complexity index is 1320. The minimum absolute atomic E-state index is 0.445. The maximum atomic E-state index is 15.0. The first-order valence-corrected chi connectivity index (χ1v) is 10.1. The SMILES string of the molecule is [O-]/[N+](O)=C1/C=CC(C(c2ccccc2)(c2ccccc2)n2nnc3ccccc32)C=C1F. The number of fused-ring (bicyclic) bond motifs is 1. The van der Waals surface area contributed by atoms with Gasteiger partial charge in [-0.2, -0.15) is 4.39 Å². The number of allylic oxidation sites excluding steroid dienone is 4.